The Morgan fingerprint density at radius 2 is 2.11 bits per heavy atom. The van der Waals surface area contributed by atoms with Crippen molar-refractivity contribution in [3.05, 3.63) is 30.1 Å². The van der Waals surface area contributed by atoms with Crippen LogP contribution in [-0.4, -0.2) is 49.1 Å². The van der Waals surface area contributed by atoms with Crippen LogP contribution < -0.4 is 10.3 Å². The molecule has 2 fully saturated rings. The maximum Gasteiger partial charge on any atom is 0.292 e. The van der Waals surface area contributed by atoms with E-state index >= 15 is 0 Å². The normalized spacial score (nSPS) is 28.1. The van der Waals surface area contributed by atoms with Gasteiger partial charge < -0.3 is 25.1 Å². The van der Waals surface area contributed by atoms with Gasteiger partial charge >= 0.3 is 0 Å². The van der Waals surface area contributed by atoms with Gasteiger partial charge in [0.1, 0.15) is 24.4 Å². The second kappa shape index (κ2) is 9.99. The van der Waals surface area contributed by atoms with Crippen LogP contribution in [0.25, 0.3) is 0 Å². The second-order valence-corrected chi connectivity index (χ2v) is 7.43. The van der Waals surface area contributed by atoms with Crippen LogP contribution in [0.2, 0.25) is 0 Å². The van der Waals surface area contributed by atoms with Crippen molar-refractivity contribution in [1.29, 1.82) is 0 Å². The van der Waals surface area contributed by atoms with Gasteiger partial charge in [-0.1, -0.05) is 25.2 Å². The third-order valence-electron chi connectivity index (χ3n) is 5.47. The van der Waals surface area contributed by atoms with E-state index in [9.17, 15) is 9.90 Å². The van der Waals surface area contributed by atoms with Gasteiger partial charge in [0, 0.05) is 6.07 Å². The number of hydrogen-bond acceptors (Lipinski definition) is 5. The Kier molecular flexibility index (Phi) is 7.40. The average molecular weight is 389 g/mol. The van der Waals surface area contributed by atoms with Crippen LogP contribution >= 0.6 is 0 Å². The second-order valence-electron chi connectivity index (χ2n) is 7.43. The highest BCUT2D eigenvalue weighted by molar-refractivity contribution is 5.92. The van der Waals surface area contributed by atoms with E-state index in [4.69, 9.17) is 26.4 Å². The largest absolute Gasteiger partial charge is 0.394 e. The predicted molar refractivity (Wildman–Crippen MR) is 101 cm³/mol. The fourth-order valence-corrected chi connectivity index (χ4v) is 4.02. The molecule has 1 amide bonds. The van der Waals surface area contributed by atoms with Crippen molar-refractivity contribution in [3.63, 3.8) is 0 Å². The highest BCUT2D eigenvalue weighted by Gasteiger charge is 2.51. The van der Waals surface area contributed by atoms with E-state index in [1.54, 1.807) is 29.1 Å². The molecule has 7 heteroatoms. The fraction of sp³-hybridized carbons (Fsp3) is 0.619. The number of ether oxygens (including phenoxy) is 3. The maximum atomic E-state index is 11.5. The minimum Gasteiger partial charge on any atom is -0.394 e. The van der Waals surface area contributed by atoms with Gasteiger partial charge in [-0.25, -0.2) is 0 Å². The highest BCUT2D eigenvalue weighted by Crippen LogP contribution is 2.32. The van der Waals surface area contributed by atoms with Gasteiger partial charge in [-0.3, -0.25) is 4.79 Å². The molecule has 0 spiro atoms. The van der Waals surface area contributed by atoms with Gasteiger partial charge in [0.05, 0.1) is 13.2 Å². The first-order valence-corrected chi connectivity index (χ1v) is 9.87. The van der Waals surface area contributed by atoms with Crippen LogP contribution in [0.1, 0.15) is 48.7 Å². The van der Waals surface area contributed by atoms with Gasteiger partial charge in [0.15, 0.2) is 18.5 Å². The van der Waals surface area contributed by atoms with Crippen molar-refractivity contribution in [1.82, 2.24) is 0 Å². The number of nitrogens with zero attached hydrogens (tertiary/aromatic N) is 1. The Bertz CT molecular complexity index is 698. The summed E-state index contributed by atoms with van der Waals surface area (Å²) in [4.78, 5) is 11.5. The number of rotatable bonds is 8. The van der Waals surface area contributed by atoms with Gasteiger partial charge in [0.25, 0.3) is 12.1 Å². The van der Waals surface area contributed by atoms with Crippen LogP contribution in [0.15, 0.2) is 24.5 Å². The Morgan fingerprint density at radius 3 is 2.79 bits per heavy atom. The lowest BCUT2D eigenvalue weighted by molar-refractivity contribution is -0.766. The minimum atomic E-state index is -0.582. The van der Waals surface area contributed by atoms with Crippen LogP contribution in [0.5, 0.6) is 0 Å². The van der Waals surface area contributed by atoms with E-state index in [2.05, 4.69) is 5.92 Å². The molecule has 7 nitrogen and oxygen atoms in total. The average Bonchev–Trinajstić information content (AvgIpc) is 3.09. The fourth-order valence-electron chi connectivity index (χ4n) is 4.02. The van der Waals surface area contributed by atoms with Gasteiger partial charge in [-0.15, -0.1) is 6.42 Å². The summed E-state index contributed by atoms with van der Waals surface area (Å²) in [6, 6.07) is 3.34. The van der Waals surface area contributed by atoms with E-state index in [0.29, 0.717) is 18.1 Å². The molecule has 0 bridgehead atoms. The highest BCUT2D eigenvalue weighted by atomic mass is 16.6. The lowest BCUT2D eigenvalue weighted by Crippen LogP contribution is -2.48. The third kappa shape index (κ3) is 4.89. The van der Waals surface area contributed by atoms with Crippen molar-refractivity contribution in [3.8, 4) is 12.3 Å². The summed E-state index contributed by atoms with van der Waals surface area (Å²) >= 11 is 0. The number of aliphatic hydroxyl groups is 1. The molecule has 1 aromatic heterocycles. The standard InChI is InChI=1S/C21H28N2O5/c1-2-11-26-19-18(27-14-15-7-4-3-5-8-15)17(13-24)28-21(19)23-10-6-9-16(12-23)20(22)25/h1,6,9-10,12,15,17-19,21,24H,3-5,7-8,11,13-14H2,(H-,22,25)/p+1/t17?,18-,19-,21-/m1/s1. The molecule has 1 aliphatic carbocycles. The van der Waals surface area contributed by atoms with E-state index in [1.807, 2.05) is 0 Å². The number of carbonyl (C=O) groups is 1. The maximum absolute atomic E-state index is 11.5. The molecule has 3 rings (SSSR count). The van der Waals surface area contributed by atoms with E-state index < -0.39 is 30.4 Å². The van der Waals surface area contributed by atoms with Crippen molar-refractivity contribution in [2.75, 3.05) is 19.8 Å². The number of carbonyl (C=O) groups excluding carboxylic acids is 1. The third-order valence-corrected chi connectivity index (χ3v) is 5.47. The molecule has 1 unspecified atom stereocenters. The van der Waals surface area contributed by atoms with Gasteiger partial charge in [-0.05, 0) is 24.8 Å². The molecule has 4 atom stereocenters. The number of aliphatic hydroxyl groups excluding tert-OH is 1. The summed E-state index contributed by atoms with van der Waals surface area (Å²) in [5.74, 6) is 2.47. The van der Waals surface area contributed by atoms with E-state index in [0.717, 1.165) is 12.8 Å². The van der Waals surface area contributed by atoms with Crippen LogP contribution in [0.4, 0.5) is 0 Å². The lowest BCUT2D eigenvalue weighted by atomic mass is 9.90. The number of amides is 1. The molecular weight excluding hydrogens is 360 g/mol. The van der Waals surface area contributed by atoms with Crippen molar-refractivity contribution in [2.24, 2.45) is 11.7 Å². The number of nitrogens with two attached hydrogens (primary N) is 1. The first kappa shape index (κ1) is 20.7. The zero-order valence-corrected chi connectivity index (χ0v) is 16.0. The van der Waals surface area contributed by atoms with Gasteiger partial charge in [-0.2, -0.15) is 4.57 Å². The number of aromatic nitrogens is 1. The molecular formula is C21H29N2O5+. The van der Waals surface area contributed by atoms with E-state index in [-0.39, 0.29) is 13.2 Å². The first-order chi connectivity index (χ1) is 13.6. The zero-order chi connectivity index (χ0) is 19.9. The molecule has 3 N–H and O–H groups in total. The molecule has 1 aromatic rings. The monoisotopic (exact) mass is 389 g/mol. The number of pyridine rings is 1. The molecule has 0 radical (unpaired) electrons. The summed E-state index contributed by atoms with van der Waals surface area (Å²) in [6.45, 7) is 0.513. The Hall–Kier alpha value is -1.98. The van der Waals surface area contributed by atoms with Gasteiger partial charge in [0.2, 0.25) is 0 Å². The molecule has 1 saturated heterocycles. The summed E-state index contributed by atoms with van der Waals surface area (Å²) in [6.07, 6.45) is 12.7. The van der Waals surface area contributed by atoms with Crippen molar-refractivity contribution in [2.45, 2.75) is 56.6 Å². The first-order valence-electron chi connectivity index (χ1n) is 9.87. The summed E-state index contributed by atoms with van der Waals surface area (Å²) < 4.78 is 19.8. The molecule has 2 heterocycles. The predicted octanol–water partition coefficient (Wildman–Crippen LogP) is 0.947. The SMILES string of the molecule is C#CCO[C@@H]1[C@H](OCC2CCCCC2)C(CO)O[C@H]1[n+]1cccc(C(N)=O)c1. The van der Waals surface area contributed by atoms with Crippen LogP contribution in [0.3, 0.4) is 0 Å². The molecule has 1 aliphatic heterocycles. The summed E-state index contributed by atoms with van der Waals surface area (Å²) in [5.41, 5.74) is 5.75. The molecule has 2 aliphatic rings. The quantitative estimate of drug-likeness (QED) is 0.510. The molecule has 28 heavy (non-hydrogen) atoms. The smallest absolute Gasteiger partial charge is 0.292 e. The summed E-state index contributed by atoms with van der Waals surface area (Å²) in [5, 5.41) is 9.84. The molecule has 152 valence electrons. The van der Waals surface area contributed by atoms with E-state index in [1.165, 1.54) is 19.3 Å². The number of hydrogen-bond donors (Lipinski definition) is 2. The Balaban J connectivity index is 1.78. The van der Waals surface area contributed by atoms with Crippen LogP contribution in [0, 0.1) is 18.3 Å². The molecule has 1 saturated carbocycles. The van der Waals surface area contributed by atoms with Crippen molar-refractivity contribution >= 4 is 5.91 Å². The van der Waals surface area contributed by atoms with Crippen LogP contribution in [-0.2, 0) is 14.2 Å². The number of terminal acetylenes is 1. The lowest BCUT2D eigenvalue weighted by Gasteiger charge is -2.26. The topological polar surface area (TPSA) is 94.9 Å². The Morgan fingerprint density at radius 1 is 1.32 bits per heavy atom. The van der Waals surface area contributed by atoms with Crippen molar-refractivity contribution < 1.29 is 28.7 Å². The zero-order valence-electron chi connectivity index (χ0n) is 16.0. The summed E-state index contributed by atoms with van der Waals surface area (Å²) in [7, 11) is 0. The minimum absolute atomic E-state index is 0.0992. The number of primary amides is 1. The Labute approximate surface area is 165 Å². The molecule has 0 aromatic carbocycles.